The predicted molar refractivity (Wildman–Crippen MR) is 50.5 cm³/mol. The SMILES string of the molecule is CCC(C#N)(CC)O[PH](=O)O[PH2]=O. The van der Waals surface area contributed by atoms with E-state index < -0.39 is 22.5 Å². The molecule has 76 valence electrons. The molecule has 0 fully saturated rings. The maximum atomic E-state index is 10.9. The van der Waals surface area contributed by atoms with Gasteiger partial charge in [0.25, 0.3) is 0 Å². The first-order valence-electron chi connectivity index (χ1n) is 3.88. The zero-order valence-electron chi connectivity index (χ0n) is 7.57. The molecular formula is C6H13NO4P2. The number of hydrogen-bond donors (Lipinski definition) is 0. The van der Waals surface area contributed by atoms with Crippen molar-refractivity contribution in [3.63, 3.8) is 0 Å². The van der Waals surface area contributed by atoms with Crippen LogP contribution in [-0.4, -0.2) is 5.60 Å². The van der Waals surface area contributed by atoms with Crippen LogP contribution in [-0.2, 0) is 18.0 Å². The van der Waals surface area contributed by atoms with Gasteiger partial charge in [-0.3, -0.25) is 18.0 Å². The number of rotatable bonds is 6. The summed E-state index contributed by atoms with van der Waals surface area (Å²) in [5.41, 5.74) is -1.06. The molecule has 0 aromatic carbocycles. The molecule has 0 saturated heterocycles. The third-order valence-corrected chi connectivity index (χ3v) is 3.48. The van der Waals surface area contributed by atoms with Gasteiger partial charge in [-0.05, 0) is 12.8 Å². The molecule has 0 aliphatic rings. The van der Waals surface area contributed by atoms with Crippen molar-refractivity contribution >= 4 is 16.9 Å². The molecule has 0 spiro atoms. The lowest BCUT2D eigenvalue weighted by Crippen LogP contribution is -2.25. The van der Waals surface area contributed by atoms with Crippen LogP contribution < -0.4 is 0 Å². The largest absolute Gasteiger partial charge is 0.325 e. The Balaban J connectivity index is 4.35. The Morgan fingerprint density at radius 1 is 1.54 bits per heavy atom. The minimum absolute atomic E-state index is 0.425. The van der Waals surface area contributed by atoms with Crippen LogP contribution in [0.15, 0.2) is 0 Å². The quantitative estimate of drug-likeness (QED) is 0.647. The minimum atomic E-state index is -2.78. The molecule has 2 atom stereocenters. The summed E-state index contributed by atoms with van der Waals surface area (Å²) in [6.07, 6.45) is 0.849. The summed E-state index contributed by atoms with van der Waals surface area (Å²) in [6.45, 7) is 3.51. The molecule has 0 saturated carbocycles. The van der Waals surface area contributed by atoms with Gasteiger partial charge in [0, 0.05) is 0 Å². The average Bonchev–Trinajstić information content (AvgIpc) is 2.15. The second-order valence-corrected chi connectivity index (χ2v) is 4.22. The summed E-state index contributed by atoms with van der Waals surface area (Å²) < 4.78 is 30.2. The average molecular weight is 225 g/mol. The van der Waals surface area contributed by atoms with Crippen LogP contribution in [0.1, 0.15) is 26.7 Å². The third kappa shape index (κ3) is 4.06. The highest BCUT2D eigenvalue weighted by Crippen LogP contribution is 2.37. The third-order valence-electron chi connectivity index (χ3n) is 1.77. The van der Waals surface area contributed by atoms with Gasteiger partial charge in [-0.15, -0.1) is 0 Å². The molecule has 13 heavy (non-hydrogen) atoms. The lowest BCUT2D eigenvalue weighted by molar-refractivity contribution is 0.116. The van der Waals surface area contributed by atoms with Gasteiger partial charge in [0.1, 0.15) is 0 Å². The molecule has 0 N–H and O–H groups in total. The second-order valence-electron chi connectivity index (χ2n) is 2.38. The number of hydrogen-bond acceptors (Lipinski definition) is 5. The molecule has 0 aliphatic heterocycles. The normalized spacial score (nSPS) is 14.5. The van der Waals surface area contributed by atoms with E-state index in [1.54, 1.807) is 13.8 Å². The van der Waals surface area contributed by atoms with Crippen molar-refractivity contribution in [2.24, 2.45) is 0 Å². The zero-order chi connectivity index (χ0) is 10.3. The molecule has 0 rings (SSSR count). The van der Waals surface area contributed by atoms with Gasteiger partial charge in [0.2, 0.25) is 0 Å². The maximum absolute atomic E-state index is 10.9. The number of nitrogens with zero attached hydrogens (tertiary/aromatic N) is 1. The molecule has 5 nitrogen and oxygen atoms in total. The molecule has 0 aromatic rings. The van der Waals surface area contributed by atoms with E-state index in [4.69, 9.17) is 9.79 Å². The summed E-state index contributed by atoms with van der Waals surface area (Å²) in [6, 6.07) is 1.93. The number of nitriles is 1. The van der Waals surface area contributed by atoms with E-state index >= 15 is 0 Å². The first-order chi connectivity index (χ1) is 6.14. The van der Waals surface area contributed by atoms with Crippen molar-refractivity contribution in [1.29, 1.82) is 5.26 Å². The van der Waals surface area contributed by atoms with Crippen LogP contribution in [0.4, 0.5) is 0 Å². The Labute approximate surface area is 79.3 Å². The van der Waals surface area contributed by atoms with Crippen molar-refractivity contribution in [2.75, 3.05) is 0 Å². The topological polar surface area (TPSA) is 76.4 Å². The molecule has 2 unspecified atom stereocenters. The Morgan fingerprint density at radius 3 is 2.38 bits per heavy atom. The molecule has 0 amide bonds. The van der Waals surface area contributed by atoms with E-state index in [1.165, 1.54) is 0 Å². The van der Waals surface area contributed by atoms with Gasteiger partial charge < -0.3 is 0 Å². The first-order valence-corrected chi connectivity index (χ1v) is 6.05. The zero-order valence-corrected chi connectivity index (χ0v) is 9.73. The minimum Gasteiger partial charge on any atom is -0.299 e. The van der Waals surface area contributed by atoms with E-state index in [0.717, 1.165) is 0 Å². The van der Waals surface area contributed by atoms with Crippen LogP contribution >= 0.6 is 16.9 Å². The van der Waals surface area contributed by atoms with E-state index in [-0.39, 0.29) is 0 Å². The summed E-state index contributed by atoms with van der Waals surface area (Å²) in [5.74, 6) is 0. The highest BCUT2D eigenvalue weighted by Gasteiger charge is 2.29. The molecule has 7 heteroatoms. The van der Waals surface area contributed by atoms with E-state index in [1.807, 2.05) is 6.07 Å². The monoisotopic (exact) mass is 225 g/mol. The Morgan fingerprint density at radius 2 is 2.08 bits per heavy atom. The second kappa shape index (κ2) is 6.34. The predicted octanol–water partition coefficient (Wildman–Crippen LogP) is 2.16. The summed E-state index contributed by atoms with van der Waals surface area (Å²) >= 11 is 0. The van der Waals surface area contributed by atoms with Crippen molar-refractivity contribution in [1.82, 2.24) is 0 Å². The summed E-state index contributed by atoms with van der Waals surface area (Å²) in [4.78, 5) is 0. The molecule has 0 aromatic heterocycles. The molecule has 0 radical (unpaired) electrons. The Hall–Kier alpha value is -0.130. The lowest BCUT2D eigenvalue weighted by atomic mass is 10.0. The summed E-state index contributed by atoms with van der Waals surface area (Å²) in [5, 5.41) is 8.77. The van der Waals surface area contributed by atoms with E-state index in [9.17, 15) is 9.13 Å². The fourth-order valence-corrected chi connectivity index (χ4v) is 1.96. The highest BCUT2D eigenvalue weighted by atomic mass is 31.2. The van der Waals surface area contributed by atoms with Crippen LogP contribution in [0.2, 0.25) is 0 Å². The first kappa shape index (κ1) is 12.9. The maximum Gasteiger partial charge on any atom is 0.325 e. The van der Waals surface area contributed by atoms with Crippen LogP contribution in [0, 0.1) is 11.3 Å². The Kier molecular flexibility index (Phi) is 6.28. The highest BCUT2D eigenvalue weighted by molar-refractivity contribution is 7.41. The van der Waals surface area contributed by atoms with Crippen molar-refractivity contribution in [2.45, 2.75) is 32.3 Å². The van der Waals surface area contributed by atoms with Crippen molar-refractivity contribution in [3.8, 4) is 6.07 Å². The Bertz CT molecular complexity index is 233. The van der Waals surface area contributed by atoms with E-state index in [0.29, 0.717) is 12.8 Å². The van der Waals surface area contributed by atoms with Gasteiger partial charge >= 0.3 is 8.25 Å². The van der Waals surface area contributed by atoms with Gasteiger partial charge in [-0.25, -0.2) is 0 Å². The van der Waals surface area contributed by atoms with Crippen LogP contribution in [0.25, 0.3) is 0 Å². The lowest BCUT2D eigenvalue weighted by Gasteiger charge is -2.21. The smallest absolute Gasteiger partial charge is 0.299 e. The molecule has 0 aliphatic carbocycles. The summed E-state index contributed by atoms with van der Waals surface area (Å²) in [7, 11) is -4.33. The van der Waals surface area contributed by atoms with Gasteiger partial charge in [0.15, 0.2) is 14.3 Å². The van der Waals surface area contributed by atoms with Crippen LogP contribution in [0.3, 0.4) is 0 Å². The standard InChI is InChI=1S/C6H13NO4P2/c1-3-6(4-2,5-7)10-13(9)11-12-8/h13H,3-4,12H2,1-2H3. The fraction of sp³-hybridized carbons (Fsp3) is 0.833. The van der Waals surface area contributed by atoms with Gasteiger partial charge in [-0.1, -0.05) is 13.8 Å². The van der Waals surface area contributed by atoms with Gasteiger partial charge in [0.05, 0.1) is 6.07 Å². The van der Waals surface area contributed by atoms with Crippen molar-refractivity contribution in [3.05, 3.63) is 0 Å². The molecular weight excluding hydrogens is 212 g/mol. The van der Waals surface area contributed by atoms with Crippen LogP contribution in [0.5, 0.6) is 0 Å². The van der Waals surface area contributed by atoms with E-state index in [2.05, 4.69) is 4.31 Å². The van der Waals surface area contributed by atoms with Gasteiger partial charge in [-0.2, -0.15) is 5.26 Å². The fourth-order valence-electron chi connectivity index (χ4n) is 0.798. The molecule has 0 heterocycles. The molecule has 0 bridgehead atoms. The van der Waals surface area contributed by atoms with Crippen molar-refractivity contribution < 1.29 is 18.0 Å².